The van der Waals surface area contributed by atoms with E-state index in [4.69, 9.17) is 0 Å². The standard InChI is InChI=1S/C16H15N3O6/c1-2-7-17-16(24)18-12(20)9-25-13(21)8-19-14(22)10-5-3-4-6-11(10)15(19)23/h2-6H,1,7-9H2,(H2,17,18,20,24). The number of amides is 5. The Labute approximate surface area is 142 Å². The van der Waals surface area contributed by atoms with Crippen LogP contribution in [0.2, 0.25) is 0 Å². The van der Waals surface area contributed by atoms with Crippen molar-refractivity contribution in [1.29, 1.82) is 0 Å². The minimum absolute atomic E-state index is 0.165. The van der Waals surface area contributed by atoms with Gasteiger partial charge in [-0.25, -0.2) is 4.79 Å². The van der Waals surface area contributed by atoms with Gasteiger partial charge in [0, 0.05) is 6.54 Å². The van der Waals surface area contributed by atoms with Gasteiger partial charge in [0.25, 0.3) is 17.7 Å². The first-order valence-corrected chi connectivity index (χ1v) is 7.23. The fourth-order valence-electron chi connectivity index (χ4n) is 2.08. The van der Waals surface area contributed by atoms with Crippen molar-refractivity contribution in [2.75, 3.05) is 19.7 Å². The number of ether oxygens (including phenoxy) is 1. The van der Waals surface area contributed by atoms with E-state index in [1.807, 2.05) is 5.32 Å². The number of hydrogen-bond acceptors (Lipinski definition) is 6. The van der Waals surface area contributed by atoms with Gasteiger partial charge < -0.3 is 10.1 Å². The van der Waals surface area contributed by atoms with Crippen LogP contribution >= 0.6 is 0 Å². The summed E-state index contributed by atoms with van der Waals surface area (Å²) in [5.41, 5.74) is 0.411. The van der Waals surface area contributed by atoms with E-state index in [1.165, 1.54) is 18.2 Å². The van der Waals surface area contributed by atoms with Crippen molar-refractivity contribution in [2.45, 2.75) is 0 Å². The molecule has 2 N–H and O–H groups in total. The third-order valence-corrected chi connectivity index (χ3v) is 3.19. The van der Waals surface area contributed by atoms with Gasteiger partial charge >= 0.3 is 12.0 Å². The molecule has 0 saturated heterocycles. The number of fused-ring (bicyclic) bond motifs is 1. The van der Waals surface area contributed by atoms with E-state index < -0.39 is 42.9 Å². The molecule has 0 saturated carbocycles. The van der Waals surface area contributed by atoms with E-state index in [2.05, 4.69) is 16.6 Å². The summed E-state index contributed by atoms with van der Waals surface area (Å²) in [6.07, 6.45) is 1.42. The Hall–Kier alpha value is -3.49. The topological polar surface area (TPSA) is 122 Å². The highest BCUT2D eigenvalue weighted by Crippen LogP contribution is 2.21. The lowest BCUT2D eigenvalue weighted by Crippen LogP contribution is -2.42. The van der Waals surface area contributed by atoms with Gasteiger partial charge in [0.1, 0.15) is 6.54 Å². The molecular formula is C16H15N3O6. The summed E-state index contributed by atoms with van der Waals surface area (Å²) in [4.78, 5) is 59.3. The minimum atomic E-state index is -0.948. The van der Waals surface area contributed by atoms with Gasteiger partial charge in [-0.05, 0) is 12.1 Å². The lowest BCUT2D eigenvalue weighted by atomic mass is 10.1. The summed E-state index contributed by atoms with van der Waals surface area (Å²) in [7, 11) is 0. The van der Waals surface area contributed by atoms with Crippen LogP contribution in [-0.4, -0.2) is 54.3 Å². The number of rotatable bonds is 6. The van der Waals surface area contributed by atoms with E-state index in [1.54, 1.807) is 12.1 Å². The fraction of sp³-hybridized carbons (Fsp3) is 0.188. The Kier molecular flexibility index (Phi) is 5.62. The lowest BCUT2D eigenvalue weighted by Gasteiger charge is -2.12. The molecule has 1 aromatic rings. The van der Waals surface area contributed by atoms with Crippen molar-refractivity contribution < 1.29 is 28.7 Å². The summed E-state index contributed by atoms with van der Waals surface area (Å²) < 4.78 is 4.67. The Balaban J connectivity index is 1.82. The first kappa shape index (κ1) is 17.9. The summed E-state index contributed by atoms with van der Waals surface area (Å²) >= 11 is 0. The normalized spacial score (nSPS) is 12.4. The van der Waals surface area contributed by atoms with E-state index >= 15 is 0 Å². The molecule has 0 fully saturated rings. The molecule has 0 atom stereocenters. The average molecular weight is 345 g/mol. The molecule has 0 aromatic heterocycles. The predicted molar refractivity (Wildman–Crippen MR) is 84.5 cm³/mol. The molecule has 0 spiro atoms. The van der Waals surface area contributed by atoms with E-state index in [-0.39, 0.29) is 17.7 Å². The molecule has 9 heteroatoms. The molecule has 0 unspecified atom stereocenters. The zero-order valence-corrected chi connectivity index (χ0v) is 13.1. The molecule has 1 aliphatic rings. The Bertz CT molecular complexity index is 723. The summed E-state index contributed by atoms with van der Waals surface area (Å²) in [6.45, 7) is 2.21. The van der Waals surface area contributed by atoms with Gasteiger partial charge in [-0.2, -0.15) is 0 Å². The van der Waals surface area contributed by atoms with Gasteiger partial charge in [0.15, 0.2) is 6.61 Å². The summed E-state index contributed by atoms with van der Waals surface area (Å²) in [5.74, 6) is -3.01. The van der Waals surface area contributed by atoms with Gasteiger partial charge in [0.05, 0.1) is 11.1 Å². The molecule has 1 heterocycles. The summed E-state index contributed by atoms with van der Waals surface area (Å²) in [6, 6.07) is 5.41. The van der Waals surface area contributed by atoms with E-state index in [0.717, 1.165) is 4.90 Å². The van der Waals surface area contributed by atoms with Crippen molar-refractivity contribution in [3.8, 4) is 0 Å². The van der Waals surface area contributed by atoms with Crippen LogP contribution in [0.25, 0.3) is 0 Å². The van der Waals surface area contributed by atoms with E-state index in [0.29, 0.717) is 0 Å². The Morgan fingerprint density at radius 2 is 1.72 bits per heavy atom. The van der Waals surface area contributed by atoms with Crippen molar-refractivity contribution in [3.05, 3.63) is 48.0 Å². The van der Waals surface area contributed by atoms with Crippen LogP contribution < -0.4 is 10.6 Å². The molecule has 25 heavy (non-hydrogen) atoms. The van der Waals surface area contributed by atoms with Gasteiger partial charge in [-0.3, -0.25) is 29.4 Å². The first-order valence-electron chi connectivity index (χ1n) is 7.23. The molecule has 5 amide bonds. The number of imide groups is 2. The number of benzene rings is 1. The maximum atomic E-state index is 12.1. The average Bonchev–Trinajstić information content (AvgIpc) is 2.83. The highest BCUT2D eigenvalue weighted by Gasteiger charge is 2.36. The quantitative estimate of drug-likeness (QED) is 0.420. The van der Waals surface area contributed by atoms with Crippen LogP contribution in [0.15, 0.2) is 36.9 Å². The number of esters is 1. The molecule has 0 bridgehead atoms. The van der Waals surface area contributed by atoms with Crippen molar-refractivity contribution in [3.63, 3.8) is 0 Å². The van der Waals surface area contributed by atoms with Crippen LogP contribution in [0.3, 0.4) is 0 Å². The van der Waals surface area contributed by atoms with Crippen molar-refractivity contribution in [1.82, 2.24) is 15.5 Å². The SMILES string of the molecule is C=CCNC(=O)NC(=O)COC(=O)CN1C(=O)c2ccccc2C1=O. The number of hydrogen-bond donors (Lipinski definition) is 2. The Morgan fingerprint density at radius 1 is 1.12 bits per heavy atom. The molecule has 2 rings (SSSR count). The van der Waals surface area contributed by atoms with Crippen LogP contribution in [0, 0.1) is 0 Å². The predicted octanol–water partition coefficient (Wildman–Crippen LogP) is -0.162. The minimum Gasteiger partial charge on any atom is -0.454 e. The second-order valence-corrected chi connectivity index (χ2v) is 4.95. The molecular weight excluding hydrogens is 330 g/mol. The zero-order valence-electron chi connectivity index (χ0n) is 13.1. The van der Waals surface area contributed by atoms with Crippen LogP contribution in [-0.2, 0) is 14.3 Å². The number of urea groups is 1. The molecule has 130 valence electrons. The molecule has 1 aliphatic heterocycles. The summed E-state index contributed by atoms with van der Waals surface area (Å²) in [5, 5.41) is 4.24. The second kappa shape index (κ2) is 7.86. The van der Waals surface area contributed by atoms with Crippen molar-refractivity contribution in [2.24, 2.45) is 0 Å². The van der Waals surface area contributed by atoms with Crippen LogP contribution in [0.1, 0.15) is 20.7 Å². The highest BCUT2D eigenvalue weighted by atomic mass is 16.5. The van der Waals surface area contributed by atoms with E-state index in [9.17, 15) is 24.0 Å². The smallest absolute Gasteiger partial charge is 0.326 e. The van der Waals surface area contributed by atoms with Crippen molar-refractivity contribution >= 4 is 29.7 Å². The number of nitrogens with zero attached hydrogens (tertiary/aromatic N) is 1. The Morgan fingerprint density at radius 3 is 2.28 bits per heavy atom. The number of carbonyl (C=O) groups excluding carboxylic acids is 5. The monoisotopic (exact) mass is 345 g/mol. The number of carbonyl (C=O) groups is 5. The largest absolute Gasteiger partial charge is 0.454 e. The van der Waals surface area contributed by atoms with Crippen LogP contribution in [0.5, 0.6) is 0 Å². The molecule has 1 aromatic carbocycles. The maximum Gasteiger partial charge on any atom is 0.326 e. The van der Waals surface area contributed by atoms with Gasteiger partial charge in [-0.15, -0.1) is 6.58 Å². The molecule has 0 radical (unpaired) electrons. The zero-order chi connectivity index (χ0) is 18.4. The number of nitrogens with one attached hydrogen (secondary N) is 2. The second-order valence-electron chi connectivity index (χ2n) is 4.95. The fourth-order valence-corrected chi connectivity index (χ4v) is 2.08. The maximum absolute atomic E-state index is 12.1. The van der Waals surface area contributed by atoms with Gasteiger partial charge in [-0.1, -0.05) is 18.2 Å². The third-order valence-electron chi connectivity index (χ3n) is 3.19. The molecule has 9 nitrogen and oxygen atoms in total. The van der Waals surface area contributed by atoms with Crippen LogP contribution in [0.4, 0.5) is 4.79 Å². The lowest BCUT2D eigenvalue weighted by molar-refractivity contribution is -0.148. The molecule has 0 aliphatic carbocycles. The highest BCUT2D eigenvalue weighted by molar-refractivity contribution is 6.22. The van der Waals surface area contributed by atoms with Gasteiger partial charge in [0.2, 0.25) is 0 Å². The third kappa shape index (κ3) is 4.28. The first-order chi connectivity index (χ1) is 11.9.